The Kier molecular flexibility index (Phi) is 3.70. The molecule has 0 radical (unpaired) electrons. The van der Waals surface area contributed by atoms with Crippen LogP contribution in [0.5, 0.6) is 0 Å². The minimum atomic E-state index is -1.10. The van der Waals surface area contributed by atoms with Crippen LogP contribution >= 0.6 is 11.3 Å². The van der Waals surface area contributed by atoms with Crippen LogP contribution in [0.2, 0.25) is 0 Å². The van der Waals surface area contributed by atoms with Crippen LogP contribution < -0.4 is 5.32 Å². The Hall–Kier alpha value is -2.22. The molecule has 1 saturated carbocycles. The molecule has 2 aromatic rings. The third-order valence-electron chi connectivity index (χ3n) is 3.27. The molecule has 1 fully saturated rings. The van der Waals surface area contributed by atoms with E-state index in [2.05, 4.69) is 15.6 Å². The third-order valence-corrected chi connectivity index (χ3v) is 4.15. The molecule has 0 spiro atoms. The van der Waals surface area contributed by atoms with Gasteiger partial charge in [0.2, 0.25) is 5.91 Å². The average molecular weight is 306 g/mol. The molecule has 2 heterocycles. The lowest BCUT2D eigenvalue weighted by Gasteiger charge is -2.06. The smallest absolute Gasteiger partial charge is 0.358 e. The average Bonchev–Trinajstić information content (AvgIpc) is 3.00. The molecule has 1 aliphatic rings. The fourth-order valence-electron chi connectivity index (χ4n) is 2.14. The third kappa shape index (κ3) is 3.10. The largest absolute Gasteiger partial charge is 0.476 e. The second-order valence-electron chi connectivity index (χ2n) is 4.92. The number of hydrogen-bond acceptors (Lipinski definition) is 5. The Morgan fingerprint density at radius 1 is 1.48 bits per heavy atom. The van der Waals surface area contributed by atoms with Gasteiger partial charge in [-0.1, -0.05) is 11.3 Å². The van der Waals surface area contributed by atoms with E-state index in [1.54, 1.807) is 11.3 Å². The van der Waals surface area contributed by atoms with Crippen molar-refractivity contribution in [2.45, 2.75) is 31.8 Å². The van der Waals surface area contributed by atoms with E-state index in [-0.39, 0.29) is 24.1 Å². The number of carbonyl (C=O) groups is 2. The summed E-state index contributed by atoms with van der Waals surface area (Å²) >= 11 is 1.57. The summed E-state index contributed by atoms with van der Waals surface area (Å²) in [6.07, 6.45) is 1.84. The van der Waals surface area contributed by atoms with E-state index >= 15 is 0 Å². The van der Waals surface area contributed by atoms with Gasteiger partial charge < -0.3 is 10.4 Å². The first kappa shape index (κ1) is 13.7. The maximum absolute atomic E-state index is 11.9. The molecule has 7 nitrogen and oxygen atoms in total. The monoisotopic (exact) mass is 306 g/mol. The lowest BCUT2D eigenvalue weighted by Crippen LogP contribution is -2.28. The van der Waals surface area contributed by atoms with Gasteiger partial charge in [0.15, 0.2) is 5.69 Å². The summed E-state index contributed by atoms with van der Waals surface area (Å²) in [6.45, 7) is 0.466. The summed E-state index contributed by atoms with van der Waals surface area (Å²) in [4.78, 5) is 24.1. The number of thiophene rings is 1. The standard InChI is InChI=1S/C13H14N4O3S/c18-10(14-6-9-2-1-5-21-9)7-17-12(8-3-4-8)11(13(19)20)15-16-17/h1-2,5,8H,3-4,6-7H2,(H,14,18)(H,19,20). The van der Waals surface area contributed by atoms with Crippen LogP contribution in [0, 0.1) is 0 Å². The van der Waals surface area contributed by atoms with Crippen molar-refractivity contribution in [3.05, 3.63) is 33.8 Å². The molecule has 0 aliphatic heterocycles. The van der Waals surface area contributed by atoms with Gasteiger partial charge in [0.05, 0.1) is 12.2 Å². The number of carboxylic acids is 1. The maximum atomic E-state index is 11.9. The number of amides is 1. The highest BCUT2D eigenvalue weighted by atomic mass is 32.1. The molecule has 8 heteroatoms. The molecular weight excluding hydrogens is 292 g/mol. The van der Waals surface area contributed by atoms with Gasteiger partial charge >= 0.3 is 5.97 Å². The normalized spacial score (nSPS) is 14.1. The highest BCUT2D eigenvalue weighted by molar-refractivity contribution is 7.09. The zero-order chi connectivity index (χ0) is 14.8. The fraction of sp³-hybridized carbons (Fsp3) is 0.385. The number of aromatic nitrogens is 3. The van der Waals surface area contributed by atoms with Crippen molar-refractivity contribution >= 4 is 23.2 Å². The topological polar surface area (TPSA) is 97.1 Å². The zero-order valence-corrected chi connectivity index (χ0v) is 12.0. The van der Waals surface area contributed by atoms with Gasteiger partial charge in [0.1, 0.15) is 6.54 Å². The van der Waals surface area contributed by atoms with E-state index in [0.717, 1.165) is 17.7 Å². The van der Waals surface area contributed by atoms with E-state index in [1.165, 1.54) is 4.68 Å². The molecule has 0 aromatic carbocycles. The molecule has 0 saturated heterocycles. The predicted octanol–water partition coefficient (Wildman–Crippen LogP) is 1.23. The Morgan fingerprint density at radius 3 is 2.90 bits per heavy atom. The minimum absolute atomic E-state index is 0.00249. The van der Waals surface area contributed by atoms with Crippen LogP contribution in [0.3, 0.4) is 0 Å². The van der Waals surface area contributed by atoms with Gasteiger partial charge in [0.25, 0.3) is 0 Å². The van der Waals surface area contributed by atoms with Crippen LogP contribution in [0.15, 0.2) is 17.5 Å². The van der Waals surface area contributed by atoms with Crippen LogP contribution in [0.4, 0.5) is 0 Å². The van der Waals surface area contributed by atoms with Crippen LogP contribution in [0.1, 0.15) is 39.8 Å². The quantitative estimate of drug-likeness (QED) is 0.836. The summed E-state index contributed by atoms with van der Waals surface area (Å²) < 4.78 is 1.41. The van der Waals surface area contributed by atoms with Crippen molar-refractivity contribution in [3.63, 3.8) is 0 Å². The van der Waals surface area contributed by atoms with E-state index < -0.39 is 5.97 Å². The van der Waals surface area contributed by atoms with E-state index in [4.69, 9.17) is 5.11 Å². The van der Waals surface area contributed by atoms with Crippen molar-refractivity contribution in [2.75, 3.05) is 0 Å². The number of aromatic carboxylic acids is 1. The van der Waals surface area contributed by atoms with Gasteiger partial charge in [-0.15, -0.1) is 16.4 Å². The summed E-state index contributed by atoms with van der Waals surface area (Å²) in [7, 11) is 0. The summed E-state index contributed by atoms with van der Waals surface area (Å²) in [5, 5.41) is 21.3. The van der Waals surface area contributed by atoms with Crippen molar-refractivity contribution in [2.24, 2.45) is 0 Å². The summed E-state index contributed by atoms with van der Waals surface area (Å²) in [5.41, 5.74) is 0.525. The number of rotatable bonds is 6. The fourth-order valence-corrected chi connectivity index (χ4v) is 2.79. The molecule has 1 amide bonds. The molecule has 0 atom stereocenters. The van der Waals surface area contributed by atoms with Crippen molar-refractivity contribution < 1.29 is 14.7 Å². The molecule has 2 aromatic heterocycles. The first-order chi connectivity index (χ1) is 10.1. The van der Waals surface area contributed by atoms with Crippen molar-refractivity contribution in [1.82, 2.24) is 20.3 Å². The Balaban J connectivity index is 1.67. The molecule has 1 aliphatic carbocycles. The molecule has 21 heavy (non-hydrogen) atoms. The van der Waals surface area contributed by atoms with Gasteiger partial charge in [-0.2, -0.15) is 0 Å². The first-order valence-corrected chi connectivity index (χ1v) is 7.49. The summed E-state index contributed by atoms with van der Waals surface area (Å²) in [6, 6.07) is 3.87. The second-order valence-corrected chi connectivity index (χ2v) is 5.95. The van der Waals surface area contributed by atoms with Crippen LogP contribution in [0.25, 0.3) is 0 Å². The van der Waals surface area contributed by atoms with Gasteiger partial charge in [-0.3, -0.25) is 4.79 Å². The number of carboxylic acid groups (broad SMARTS) is 1. The van der Waals surface area contributed by atoms with Gasteiger partial charge in [-0.05, 0) is 24.3 Å². The second kappa shape index (κ2) is 5.65. The molecule has 110 valence electrons. The molecular formula is C13H14N4O3S. The van der Waals surface area contributed by atoms with Gasteiger partial charge in [-0.25, -0.2) is 9.48 Å². The van der Waals surface area contributed by atoms with Crippen LogP contribution in [-0.2, 0) is 17.9 Å². The Labute approximate surface area is 124 Å². The highest BCUT2D eigenvalue weighted by Crippen LogP contribution is 2.41. The predicted molar refractivity (Wildman–Crippen MR) is 75.1 cm³/mol. The van der Waals surface area contributed by atoms with E-state index in [9.17, 15) is 9.59 Å². The highest BCUT2D eigenvalue weighted by Gasteiger charge is 2.34. The lowest BCUT2D eigenvalue weighted by atomic mass is 10.2. The lowest BCUT2D eigenvalue weighted by molar-refractivity contribution is -0.122. The molecule has 0 unspecified atom stereocenters. The SMILES string of the molecule is O=C(Cn1nnc(C(=O)O)c1C1CC1)NCc1cccs1. The first-order valence-electron chi connectivity index (χ1n) is 6.61. The van der Waals surface area contributed by atoms with E-state index in [0.29, 0.717) is 12.2 Å². The van der Waals surface area contributed by atoms with Crippen LogP contribution in [-0.4, -0.2) is 32.0 Å². The number of nitrogens with one attached hydrogen (secondary N) is 1. The number of nitrogens with zero attached hydrogens (tertiary/aromatic N) is 3. The molecule has 3 rings (SSSR count). The van der Waals surface area contributed by atoms with Crippen molar-refractivity contribution in [1.29, 1.82) is 0 Å². The summed E-state index contributed by atoms with van der Waals surface area (Å²) in [5.74, 6) is -1.13. The number of hydrogen-bond donors (Lipinski definition) is 2. The van der Waals surface area contributed by atoms with E-state index in [1.807, 2.05) is 17.5 Å². The Morgan fingerprint density at radius 2 is 2.29 bits per heavy atom. The van der Waals surface area contributed by atoms with Gasteiger partial charge in [0, 0.05) is 10.8 Å². The van der Waals surface area contributed by atoms with Crippen molar-refractivity contribution in [3.8, 4) is 0 Å². The molecule has 2 N–H and O–H groups in total. The zero-order valence-electron chi connectivity index (χ0n) is 11.2. The number of carbonyl (C=O) groups excluding carboxylic acids is 1. The molecule has 0 bridgehead atoms. The maximum Gasteiger partial charge on any atom is 0.358 e. The Bertz CT molecular complexity index is 661. The minimum Gasteiger partial charge on any atom is -0.476 e.